The number of aromatic nitrogens is 2. The summed E-state index contributed by atoms with van der Waals surface area (Å²) in [6.45, 7) is 4.24. The third kappa shape index (κ3) is 3.42. The molecule has 0 saturated carbocycles. The number of para-hydroxylation sites is 1. The van der Waals surface area contributed by atoms with Gasteiger partial charge in [0, 0.05) is 29.0 Å². The maximum absolute atomic E-state index is 9.73. The van der Waals surface area contributed by atoms with Gasteiger partial charge in [-0.25, -0.2) is 0 Å². The van der Waals surface area contributed by atoms with Crippen molar-refractivity contribution >= 4 is 23.0 Å². The SMILES string of the molecule is Cc1cc([C@H]2[C@@H](c3ccccn3)NC(=S)N2c2ccccc2)c(C)n1-c1ccc(O)cc1. The van der Waals surface area contributed by atoms with Crippen molar-refractivity contribution in [3.63, 3.8) is 0 Å². The minimum Gasteiger partial charge on any atom is -0.508 e. The molecule has 0 spiro atoms. The summed E-state index contributed by atoms with van der Waals surface area (Å²) in [5.74, 6) is 0.257. The number of aryl methyl sites for hydroxylation is 1. The molecule has 0 aliphatic carbocycles. The van der Waals surface area contributed by atoms with Gasteiger partial charge in [-0.2, -0.15) is 0 Å². The maximum atomic E-state index is 9.73. The van der Waals surface area contributed by atoms with E-state index in [4.69, 9.17) is 12.2 Å². The number of phenolic OH excluding ortho intramolecular Hbond substituents is 1. The van der Waals surface area contributed by atoms with Gasteiger partial charge in [-0.1, -0.05) is 24.3 Å². The molecule has 2 N–H and O–H groups in total. The van der Waals surface area contributed by atoms with Gasteiger partial charge in [0.05, 0.1) is 17.8 Å². The molecule has 5 rings (SSSR count). The number of nitrogens with zero attached hydrogens (tertiary/aromatic N) is 3. The Morgan fingerprint density at radius 3 is 2.31 bits per heavy atom. The van der Waals surface area contributed by atoms with Crippen LogP contribution in [0.3, 0.4) is 0 Å². The summed E-state index contributed by atoms with van der Waals surface area (Å²) in [7, 11) is 0. The van der Waals surface area contributed by atoms with Crippen LogP contribution in [0, 0.1) is 13.8 Å². The molecular formula is C26H24N4OS. The molecule has 1 aliphatic rings. The molecule has 0 unspecified atom stereocenters. The Balaban J connectivity index is 1.67. The third-order valence-corrected chi connectivity index (χ3v) is 6.34. The van der Waals surface area contributed by atoms with Gasteiger partial charge in [-0.15, -0.1) is 0 Å². The number of phenols is 1. The predicted molar refractivity (Wildman–Crippen MR) is 131 cm³/mol. The largest absolute Gasteiger partial charge is 0.508 e. The fraction of sp³-hybridized carbons (Fsp3) is 0.154. The normalized spacial score (nSPS) is 18.1. The van der Waals surface area contributed by atoms with E-state index in [0.29, 0.717) is 5.11 Å². The summed E-state index contributed by atoms with van der Waals surface area (Å²) in [5.41, 5.74) is 6.44. The average Bonchev–Trinajstić information content (AvgIpc) is 3.31. The van der Waals surface area contributed by atoms with Crippen LogP contribution < -0.4 is 10.2 Å². The lowest BCUT2D eigenvalue weighted by Gasteiger charge is -2.28. The topological polar surface area (TPSA) is 53.3 Å². The molecule has 2 atom stereocenters. The van der Waals surface area contributed by atoms with E-state index in [0.717, 1.165) is 28.5 Å². The molecule has 4 aromatic rings. The lowest BCUT2D eigenvalue weighted by Crippen LogP contribution is -2.29. The number of nitrogens with one attached hydrogen (secondary N) is 1. The number of benzene rings is 2. The number of thiocarbonyl (C=S) groups is 1. The summed E-state index contributed by atoms with van der Waals surface area (Å²) < 4.78 is 2.22. The molecular weight excluding hydrogens is 416 g/mol. The summed E-state index contributed by atoms with van der Waals surface area (Å²) >= 11 is 5.82. The van der Waals surface area contributed by atoms with Crippen LogP contribution in [0.1, 0.15) is 34.7 Å². The number of rotatable bonds is 4. The van der Waals surface area contributed by atoms with Gasteiger partial charge in [0.1, 0.15) is 5.75 Å². The highest BCUT2D eigenvalue weighted by atomic mass is 32.1. The van der Waals surface area contributed by atoms with E-state index in [1.54, 1.807) is 12.1 Å². The van der Waals surface area contributed by atoms with Crippen molar-refractivity contribution < 1.29 is 5.11 Å². The fourth-order valence-electron chi connectivity index (χ4n) is 4.62. The minimum absolute atomic E-state index is 0.0585. The van der Waals surface area contributed by atoms with Crippen LogP contribution in [-0.4, -0.2) is 19.8 Å². The first-order valence-electron chi connectivity index (χ1n) is 10.6. The zero-order valence-corrected chi connectivity index (χ0v) is 18.8. The van der Waals surface area contributed by atoms with E-state index >= 15 is 0 Å². The molecule has 2 aromatic carbocycles. The highest BCUT2D eigenvalue weighted by molar-refractivity contribution is 7.80. The Bertz CT molecular complexity index is 1250. The fourth-order valence-corrected chi connectivity index (χ4v) is 4.97. The smallest absolute Gasteiger partial charge is 0.174 e. The average molecular weight is 441 g/mol. The van der Waals surface area contributed by atoms with Crippen LogP contribution in [0.15, 0.2) is 85.1 Å². The van der Waals surface area contributed by atoms with Crippen LogP contribution in [0.2, 0.25) is 0 Å². The standard InChI is InChI=1S/C26H24N4OS/c1-17-16-22(18(2)29(17)20-11-13-21(31)14-12-20)25-24(23-10-6-7-15-27-23)28-26(32)30(25)19-8-4-3-5-9-19/h3-16,24-25,31H,1-2H3,(H,28,32)/t24-,25+/m1/s1. The van der Waals surface area contributed by atoms with E-state index in [9.17, 15) is 5.11 Å². The Kier molecular flexibility index (Phi) is 5.15. The Labute approximate surface area is 193 Å². The predicted octanol–water partition coefficient (Wildman–Crippen LogP) is 5.37. The third-order valence-electron chi connectivity index (χ3n) is 6.03. The molecule has 0 amide bonds. The minimum atomic E-state index is -0.0855. The van der Waals surface area contributed by atoms with Crippen molar-refractivity contribution in [1.29, 1.82) is 0 Å². The molecule has 1 fully saturated rings. The van der Waals surface area contributed by atoms with Crippen molar-refractivity contribution in [3.8, 4) is 11.4 Å². The number of anilines is 1. The Morgan fingerprint density at radius 2 is 1.62 bits per heavy atom. The Hall–Kier alpha value is -3.64. The summed E-state index contributed by atoms with van der Waals surface area (Å²) in [4.78, 5) is 6.83. The Morgan fingerprint density at radius 1 is 0.906 bits per heavy atom. The second-order valence-electron chi connectivity index (χ2n) is 8.01. The maximum Gasteiger partial charge on any atom is 0.174 e. The zero-order valence-electron chi connectivity index (χ0n) is 17.9. The second-order valence-corrected chi connectivity index (χ2v) is 8.40. The van der Waals surface area contributed by atoms with Gasteiger partial charge < -0.3 is 19.9 Å². The molecule has 1 aliphatic heterocycles. The zero-order chi connectivity index (χ0) is 22.2. The van der Waals surface area contributed by atoms with Crippen LogP contribution in [0.4, 0.5) is 5.69 Å². The van der Waals surface area contributed by atoms with Crippen molar-refractivity contribution in [2.75, 3.05) is 4.90 Å². The quantitative estimate of drug-likeness (QED) is 0.418. The van der Waals surface area contributed by atoms with Crippen LogP contribution >= 0.6 is 12.2 Å². The van der Waals surface area contributed by atoms with Gasteiger partial charge in [0.15, 0.2) is 5.11 Å². The van der Waals surface area contributed by atoms with Crippen LogP contribution in [0.5, 0.6) is 5.75 Å². The monoisotopic (exact) mass is 440 g/mol. The molecule has 3 heterocycles. The molecule has 2 aromatic heterocycles. The van der Waals surface area contributed by atoms with Gasteiger partial charge in [-0.05, 0) is 86.2 Å². The summed E-state index contributed by atoms with van der Waals surface area (Å²) in [5, 5.41) is 13.9. The van der Waals surface area contributed by atoms with E-state index in [2.05, 4.69) is 51.8 Å². The lowest BCUT2D eigenvalue weighted by molar-refractivity contribution is 0.475. The van der Waals surface area contributed by atoms with Gasteiger partial charge in [-0.3, -0.25) is 4.98 Å². The molecule has 6 heteroatoms. The van der Waals surface area contributed by atoms with Crippen molar-refractivity contribution in [2.24, 2.45) is 0 Å². The van der Waals surface area contributed by atoms with E-state index < -0.39 is 0 Å². The highest BCUT2D eigenvalue weighted by Gasteiger charge is 2.42. The molecule has 1 saturated heterocycles. The highest BCUT2D eigenvalue weighted by Crippen LogP contribution is 2.43. The van der Waals surface area contributed by atoms with Crippen molar-refractivity contribution in [3.05, 3.63) is 108 Å². The summed E-state index contributed by atoms with van der Waals surface area (Å²) in [6.07, 6.45) is 1.82. The summed E-state index contributed by atoms with van der Waals surface area (Å²) in [6, 6.07) is 25.6. The van der Waals surface area contributed by atoms with E-state index in [-0.39, 0.29) is 17.8 Å². The van der Waals surface area contributed by atoms with Gasteiger partial charge in [0.25, 0.3) is 0 Å². The molecule has 160 valence electrons. The van der Waals surface area contributed by atoms with Gasteiger partial charge >= 0.3 is 0 Å². The molecule has 5 nitrogen and oxygen atoms in total. The van der Waals surface area contributed by atoms with Crippen LogP contribution in [-0.2, 0) is 0 Å². The molecule has 32 heavy (non-hydrogen) atoms. The van der Waals surface area contributed by atoms with E-state index in [1.165, 1.54) is 5.56 Å². The van der Waals surface area contributed by atoms with Crippen molar-refractivity contribution in [2.45, 2.75) is 25.9 Å². The number of aromatic hydroxyl groups is 1. The first-order valence-corrected chi connectivity index (χ1v) is 11.0. The first kappa shape index (κ1) is 20.3. The number of hydrogen-bond acceptors (Lipinski definition) is 3. The molecule has 0 bridgehead atoms. The number of hydrogen-bond donors (Lipinski definition) is 2. The van der Waals surface area contributed by atoms with Gasteiger partial charge in [0.2, 0.25) is 0 Å². The van der Waals surface area contributed by atoms with Crippen LogP contribution in [0.25, 0.3) is 5.69 Å². The van der Waals surface area contributed by atoms with Crippen molar-refractivity contribution in [1.82, 2.24) is 14.9 Å². The second kappa shape index (κ2) is 8.13. The molecule has 0 radical (unpaired) electrons. The number of pyridine rings is 1. The lowest BCUT2D eigenvalue weighted by atomic mass is 9.96. The first-order chi connectivity index (χ1) is 15.5. The van der Waals surface area contributed by atoms with E-state index in [1.807, 2.05) is 54.7 Å².